The summed E-state index contributed by atoms with van der Waals surface area (Å²) in [6, 6.07) is 4.74. The first-order chi connectivity index (χ1) is 9.52. The second kappa shape index (κ2) is 8.55. The van der Waals surface area contributed by atoms with Crippen LogP contribution in [0.25, 0.3) is 0 Å². The average Bonchev–Trinajstić information content (AvgIpc) is 2.41. The molecule has 1 rings (SSSR count). The van der Waals surface area contributed by atoms with E-state index >= 15 is 0 Å². The maximum absolute atomic E-state index is 12.7. The van der Waals surface area contributed by atoms with Crippen LogP contribution in [0.2, 0.25) is 0 Å². The Morgan fingerprint density at radius 1 is 1.40 bits per heavy atom. The smallest absolute Gasteiger partial charge is 0.323 e. The third-order valence-electron chi connectivity index (χ3n) is 2.25. The topological polar surface area (TPSA) is 81.4 Å². The molecule has 1 aromatic rings. The highest BCUT2D eigenvalue weighted by molar-refractivity contribution is 8.00. The Balaban J connectivity index is 2.26. The Labute approximate surface area is 121 Å². The van der Waals surface area contributed by atoms with Crippen molar-refractivity contribution < 1.29 is 18.7 Å². The largest absolute Gasteiger partial charge is 0.465 e. The number of thioether (sulfide) groups is 1. The molecule has 110 valence electrons. The van der Waals surface area contributed by atoms with Gasteiger partial charge in [0.15, 0.2) is 0 Å². The maximum Gasteiger partial charge on any atom is 0.323 e. The van der Waals surface area contributed by atoms with Crippen molar-refractivity contribution in [2.75, 3.05) is 23.4 Å². The predicted octanol–water partition coefficient (Wildman–Crippen LogP) is 1.39. The van der Waals surface area contributed by atoms with E-state index in [9.17, 15) is 14.0 Å². The van der Waals surface area contributed by atoms with Crippen LogP contribution in [-0.4, -0.2) is 36.0 Å². The van der Waals surface area contributed by atoms with Crippen molar-refractivity contribution in [1.82, 2.24) is 0 Å². The van der Waals surface area contributed by atoms with Crippen LogP contribution in [0, 0.1) is 5.82 Å². The maximum atomic E-state index is 12.7. The fraction of sp³-hybridized carbons (Fsp3) is 0.385. The van der Waals surface area contributed by atoms with Crippen LogP contribution >= 0.6 is 11.8 Å². The quantitative estimate of drug-likeness (QED) is 0.744. The average molecular weight is 300 g/mol. The number of nitrogens with two attached hydrogens (primary N) is 1. The van der Waals surface area contributed by atoms with Crippen molar-refractivity contribution in [1.29, 1.82) is 0 Å². The third-order valence-corrected chi connectivity index (χ3v) is 3.31. The summed E-state index contributed by atoms with van der Waals surface area (Å²) in [5, 5.41) is 2.61. The summed E-state index contributed by atoms with van der Waals surface area (Å²) >= 11 is 1.23. The van der Waals surface area contributed by atoms with Crippen LogP contribution in [0.4, 0.5) is 10.1 Å². The van der Waals surface area contributed by atoms with Gasteiger partial charge in [-0.05, 0) is 31.2 Å². The lowest BCUT2D eigenvalue weighted by Crippen LogP contribution is -2.35. The first-order valence-corrected chi connectivity index (χ1v) is 7.23. The van der Waals surface area contributed by atoms with Gasteiger partial charge < -0.3 is 15.8 Å². The lowest BCUT2D eigenvalue weighted by atomic mass is 10.3. The van der Waals surface area contributed by atoms with E-state index in [1.807, 2.05) is 0 Å². The molecule has 0 aliphatic rings. The number of carbonyl (C=O) groups excluding carboxylic acids is 2. The Morgan fingerprint density at radius 3 is 2.65 bits per heavy atom. The molecular weight excluding hydrogens is 283 g/mol. The number of anilines is 1. The number of hydrogen-bond acceptors (Lipinski definition) is 5. The highest BCUT2D eigenvalue weighted by Crippen LogP contribution is 2.10. The molecule has 1 atom stereocenters. The van der Waals surface area contributed by atoms with Crippen molar-refractivity contribution in [3.8, 4) is 0 Å². The molecule has 0 bridgehead atoms. The zero-order chi connectivity index (χ0) is 15.0. The zero-order valence-corrected chi connectivity index (χ0v) is 11.9. The summed E-state index contributed by atoms with van der Waals surface area (Å²) < 4.78 is 17.4. The van der Waals surface area contributed by atoms with Crippen molar-refractivity contribution in [2.24, 2.45) is 5.73 Å². The van der Waals surface area contributed by atoms with Gasteiger partial charge in [0.25, 0.3) is 0 Å². The molecule has 0 aliphatic heterocycles. The SMILES string of the molecule is CCOC(=O)C(N)CSCC(=O)Nc1ccc(F)cc1. The van der Waals surface area contributed by atoms with Gasteiger partial charge in [-0.1, -0.05) is 0 Å². The number of amides is 1. The number of halogens is 1. The summed E-state index contributed by atoms with van der Waals surface area (Å²) in [5.41, 5.74) is 6.11. The van der Waals surface area contributed by atoms with Crippen LogP contribution < -0.4 is 11.1 Å². The number of carbonyl (C=O) groups is 2. The van der Waals surface area contributed by atoms with Gasteiger partial charge in [-0.25, -0.2) is 4.39 Å². The number of nitrogens with one attached hydrogen (secondary N) is 1. The van der Waals surface area contributed by atoms with E-state index in [0.29, 0.717) is 11.4 Å². The first kappa shape index (κ1) is 16.5. The molecule has 20 heavy (non-hydrogen) atoms. The van der Waals surface area contributed by atoms with Gasteiger partial charge >= 0.3 is 5.97 Å². The fourth-order valence-electron chi connectivity index (χ4n) is 1.33. The van der Waals surface area contributed by atoms with Crippen LogP contribution in [-0.2, 0) is 14.3 Å². The molecule has 0 aliphatic carbocycles. The second-order valence-electron chi connectivity index (χ2n) is 3.93. The van der Waals surface area contributed by atoms with Gasteiger partial charge in [-0.15, -0.1) is 11.8 Å². The molecule has 0 spiro atoms. The van der Waals surface area contributed by atoms with Crippen molar-refractivity contribution >= 4 is 29.3 Å². The molecule has 0 aromatic heterocycles. The van der Waals surface area contributed by atoms with Crippen molar-refractivity contribution in [3.63, 3.8) is 0 Å². The van der Waals surface area contributed by atoms with Gasteiger partial charge in [-0.2, -0.15) is 0 Å². The number of rotatable bonds is 7. The van der Waals surface area contributed by atoms with Gasteiger partial charge in [0.05, 0.1) is 12.4 Å². The standard InChI is InChI=1S/C13H17FN2O3S/c1-2-19-13(18)11(15)7-20-8-12(17)16-10-5-3-9(14)4-6-10/h3-6,11H,2,7-8,15H2,1H3,(H,16,17). The summed E-state index contributed by atoms with van der Waals surface area (Å²) in [5.74, 6) is -0.616. The highest BCUT2D eigenvalue weighted by Gasteiger charge is 2.15. The van der Waals surface area contributed by atoms with E-state index < -0.39 is 12.0 Å². The Kier molecular flexibility index (Phi) is 7.03. The number of ether oxygens (including phenoxy) is 1. The van der Waals surface area contributed by atoms with Crippen molar-refractivity contribution in [3.05, 3.63) is 30.1 Å². The lowest BCUT2D eigenvalue weighted by molar-refractivity contribution is -0.144. The van der Waals surface area contributed by atoms with E-state index in [1.165, 1.54) is 36.0 Å². The molecule has 5 nitrogen and oxygen atoms in total. The number of esters is 1. The molecule has 1 amide bonds. The summed E-state index contributed by atoms with van der Waals surface area (Å²) in [6.45, 7) is 1.98. The van der Waals surface area contributed by atoms with Crippen LogP contribution in [0.1, 0.15) is 6.92 Å². The first-order valence-electron chi connectivity index (χ1n) is 6.08. The molecule has 0 radical (unpaired) electrons. The Hall–Kier alpha value is -1.60. The van der Waals surface area contributed by atoms with Gasteiger partial charge in [0.1, 0.15) is 11.9 Å². The van der Waals surface area contributed by atoms with Gasteiger partial charge in [-0.3, -0.25) is 9.59 Å². The normalized spacial score (nSPS) is 11.8. The Bertz CT molecular complexity index is 453. The highest BCUT2D eigenvalue weighted by atomic mass is 32.2. The van der Waals surface area contributed by atoms with Gasteiger partial charge in [0, 0.05) is 11.4 Å². The van der Waals surface area contributed by atoms with Crippen LogP contribution in [0.3, 0.4) is 0 Å². The van der Waals surface area contributed by atoms with Crippen LogP contribution in [0.15, 0.2) is 24.3 Å². The monoisotopic (exact) mass is 300 g/mol. The number of benzene rings is 1. The molecule has 3 N–H and O–H groups in total. The minimum Gasteiger partial charge on any atom is -0.465 e. The third kappa shape index (κ3) is 6.03. The van der Waals surface area contributed by atoms with Gasteiger partial charge in [0.2, 0.25) is 5.91 Å². The molecular formula is C13H17FN2O3S. The summed E-state index contributed by atoms with van der Waals surface area (Å²) in [4.78, 5) is 22.8. The van der Waals surface area contributed by atoms with Crippen LogP contribution in [0.5, 0.6) is 0 Å². The second-order valence-corrected chi connectivity index (χ2v) is 4.96. The predicted molar refractivity (Wildman–Crippen MR) is 77.0 cm³/mol. The molecule has 1 aromatic carbocycles. The Morgan fingerprint density at radius 2 is 2.05 bits per heavy atom. The lowest BCUT2D eigenvalue weighted by Gasteiger charge is -2.10. The van der Waals surface area contributed by atoms with E-state index in [-0.39, 0.29) is 24.1 Å². The van der Waals surface area contributed by atoms with E-state index in [2.05, 4.69) is 5.32 Å². The molecule has 0 fully saturated rings. The zero-order valence-electron chi connectivity index (χ0n) is 11.1. The van der Waals surface area contributed by atoms with E-state index in [4.69, 9.17) is 10.5 Å². The molecule has 0 saturated heterocycles. The van der Waals surface area contributed by atoms with Crippen molar-refractivity contribution in [2.45, 2.75) is 13.0 Å². The molecule has 0 heterocycles. The summed E-state index contributed by atoms with van der Waals surface area (Å²) in [6.07, 6.45) is 0. The van der Waals surface area contributed by atoms with E-state index in [0.717, 1.165) is 0 Å². The van der Waals surface area contributed by atoms with E-state index in [1.54, 1.807) is 6.92 Å². The summed E-state index contributed by atoms with van der Waals surface area (Å²) in [7, 11) is 0. The number of hydrogen-bond donors (Lipinski definition) is 2. The molecule has 7 heteroatoms. The molecule has 1 unspecified atom stereocenters. The molecule has 0 saturated carbocycles. The minimum atomic E-state index is -0.737. The minimum absolute atomic E-state index is 0.157. The fourth-order valence-corrected chi connectivity index (χ4v) is 2.09.